The summed E-state index contributed by atoms with van der Waals surface area (Å²) >= 11 is 6.15. The molecule has 1 aliphatic carbocycles. The number of hydrogen-bond acceptors (Lipinski definition) is 3. The minimum Gasteiger partial charge on any atom is -0.304 e. The van der Waals surface area contributed by atoms with Crippen LogP contribution in [0.3, 0.4) is 0 Å². The number of hydrogen-bond donors (Lipinski definition) is 1. The molecule has 4 nitrogen and oxygen atoms in total. The van der Waals surface area contributed by atoms with Gasteiger partial charge >= 0.3 is 0 Å². The molecule has 96 valence electrons. The van der Waals surface area contributed by atoms with Crippen LogP contribution in [0.5, 0.6) is 0 Å². The molecule has 0 saturated heterocycles. The number of aromatic nitrogens is 3. The fourth-order valence-electron chi connectivity index (χ4n) is 2.43. The zero-order chi connectivity index (χ0) is 12.3. The molecule has 1 N–H and O–H groups in total. The lowest BCUT2D eigenvalue weighted by atomic mass is 9.78. The number of alkyl halides is 1. The fraction of sp³-hybridized carbons (Fsp3) is 0.833. The van der Waals surface area contributed by atoms with Crippen molar-refractivity contribution in [3.05, 3.63) is 11.9 Å². The maximum Gasteiger partial charge on any atom is 0.0964 e. The molecule has 1 saturated carbocycles. The summed E-state index contributed by atoms with van der Waals surface area (Å²) in [4.78, 5) is 0. The summed E-state index contributed by atoms with van der Waals surface area (Å²) in [5, 5.41) is 11.6. The molecule has 0 atom stereocenters. The van der Waals surface area contributed by atoms with Crippen molar-refractivity contribution in [2.45, 2.75) is 44.7 Å². The number of nitrogens with one attached hydrogen (secondary N) is 1. The molecule has 0 aliphatic heterocycles. The third-order valence-electron chi connectivity index (χ3n) is 3.78. The van der Waals surface area contributed by atoms with E-state index >= 15 is 0 Å². The maximum absolute atomic E-state index is 6.15. The Labute approximate surface area is 108 Å². The van der Waals surface area contributed by atoms with Crippen LogP contribution in [0.25, 0.3) is 0 Å². The van der Waals surface area contributed by atoms with E-state index in [9.17, 15) is 0 Å². The van der Waals surface area contributed by atoms with Crippen molar-refractivity contribution >= 4 is 11.6 Å². The van der Waals surface area contributed by atoms with Gasteiger partial charge in [-0.3, -0.25) is 4.68 Å². The van der Waals surface area contributed by atoms with Crippen LogP contribution < -0.4 is 5.32 Å². The SMILES string of the molecule is CC1CCC(CCl)(NCc2cn(C)nn2)CC1. The third kappa shape index (κ3) is 3.19. The van der Waals surface area contributed by atoms with E-state index in [1.54, 1.807) is 4.68 Å². The number of nitrogens with zero attached hydrogens (tertiary/aromatic N) is 3. The van der Waals surface area contributed by atoms with Gasteiger partial charge < -0.3 is 5.32 Å². The first kappa shape index (κ1) is 12.8. The number of halogens is 1. The van der Waals surface area contributed by atoms with Gasteiger partial charge in [-0.15, -0.1) is 16.7 Å². The molecule has 0 spiro atoms. The van der Waals surface area contributed by atoms with E-state index in [-0.39, 0.29) is 5.54 Å². The molecule has 1 aromatic rings. The van der Waals surface area contributed by atoms with Crippen LogP contribution >= 0.6 is 11.6 Å². The van der Waals surface area contributed by atoms with E-state index in [4.69, 9.17) is 11.6 Å². The predicted molar refractivity (Wildman–Crippen MR) is 68.9 cm³/mol. The Morgan fingerprint density at radius 1 is 1.53 bits per heavy atom. The highest BCUT2D eigenvalue weighted by Crippen LogP contribution is 2.32. The average molecular weight is 257 g/mol. The molecular formula is C12H21ClN4. The average Bonchev–Trinajstić information content (AvgIpc) is 2.75. The first-order valence-corrected chi connectivity index (χ1v) is 6.83. The molecule has 0 aromatic carbocycles. The predicted octanol–water partition coefficient (Wildman–Crippen LogP) is 2.09. The van der Waals surface area contributed by atoms with E-state index in [0.29, 0.717) is 5.88 Å². The molecule has 1 fully saturated rings. The Hall–Kier alpha value is -0.610. The van der Waals surface area contributed by atoms with Crippen LogP contribution in [-0.2, 0) is 13.6 Å². The van der Waals surface area contributed by atoms with Gasteiger partial charge in [0.1, 0.15) is 0 Å². The quantitative estimate of drug-likeness (QED) is 0.839. The van der Waals surface area contributed by atoms with Crippen LogP contribution in [0.2, 0.25) is 0 Å². The third-order valence-corrected chi connectivity index (χ3v) is 4.29. The van der Waals surface area contributed by atoms with Gasteiger partial charge in [0.2, 0.25) is 0 Å². The second kappa shape index (κ2) is 5.36. The monoisotopic (exact) mass is 256 g/mol. The summed E-state index contributed by atoms with van der Waals surface area (Å²) in [5.41, 5.74) is 1.08. The number of aryl methyl sites for hydroxylation is 1. The van der Waals surface area contributed by atoms with Crippen molar-refractivity contribution in [3.63, 3.8) is 0 Å². The molecule has 2 rings (SSSR count). The van der Waals surface area contributed by atoms with Gasteiger partial charge in [0, 0.05) is 31.2 Å². The van der Waals surface area contributed by atoms with E-state index in [2.05, 4.69) is 22.6 Å². The Morgan fingerprint density at radius 3 is 2.76 bits per heavy atom. The topological polar surface area (TPSA) is 42.7 Å². The Morgan fingerprint density at radius 2 is 2.24 bits per heavy atom. The van der Waals surface area contributed by atoms with Crippen LogP contribution in [0, 0.1) is 5.92 Å². The van der Waals surface area contributed by atoms with Crippen molar-refractivity contribution in [2.24, 2.45) is 13.0 Å². The second-order valence-electron chi connectivity index (χ2n) is 5.33. The molecule has 5 heteroatoms. The molecule has 0 bridgehead atoms. The van der Waals surface area contributed by atoms with Crippen molar-refractivity contribution in [2.75, 3.05) is 5.88 Å². The molecule has 0 unspecified atom stereocenters. The highest BCUT2D eigenvalue weighted by molar-refractivity contribution is 6.18. The molecule has 0 radical (unpaired) electrons. The van der Waals surface area contributed by atoms with Crippen molar-refractivity contribution < 1.29 is 0 Å². The van der Waals surface area contributed by atoms with E-state index in [0.717, 1.165) is 31.0 Å². The van der Waals surface area contributed by atoms with Crippen molar-refractivity contribution in [1.29, 1.82) is 0 Å². The summed E-state index contributed by atoms with van der Waals surface area (Å²) in [7, 11) is 1.89. The smallest absolute Gasteiger partial charge is 0.0964 e. The van der Waals surface area contributed by atoms with Crippen LogP contribution in [0.1, 0.15) is 38.3 Å². The van der Waals surface area contributed by atoms with Gasteiger partial charge in [-0.1, -0.05) is 12.1 Å². The Kier molecular flexibility index (Phi) is 4.05. The van der Waals surface area contributed by atoms with Crippen molar-refractivity contribution in [3.8, 4) is 0 Å². The van der Waals surface area contributed by atoms with E-state index in [1.807, 2.05) is 13.2 Å². The second-order valence-corrected chi connectivity index (χ2v) is 5.60. The highest BCUT2D eigenvalue weighted by Gasteiger charge is 2.32. The van der Waals surface area contributed by atoms with Crippen molar-refractivity contribution in [1.82, 2.24) is 20.3 Å². The van der Waals surface area contributed by atoms with Crippen LogP contribution in [0.15, 0.2) is 6.20 Å². The Bertz CT molecular complexity index is 355. The summed E-state index contributed by atoms with van der Waals surface area (Å²) < 4.78 is 1.73. The van der Waals surface area contributed by atoms with E-state index < -0.39 is 0 Å². The van der Waals surface area contributed by atoms with Crippen LogP contribution in [0.4, 0.5) is 0 Å². The highest BCUT2D eigenvalue weighted by atomic mass is 35.5. The number of rotatable bonds is 4. The van der Waals surface area contributed by atoms with Crippen LogP contribution in [-0.4, -0.2) is 26.4 Å². The largest absolute Gasteiger partial charge is 0.304 e. The minimum atomic E-state index is 0.103. The fourth-order valence-corrected chi connectivity index (χ4v) is 2.79. The summed E-state index contributed by atoms with van der Waals surface area (Å²) in [5.74, 6) is 1.52. The normalized spacial score (nSPS) is 29.5. The molecule has 1 aliphatic rings. The lowest BCUT2D eigenvalue weighted by Crippen LogP contribution is -2.49. The summed E-state index contributed by atoms with van der Waals surface area (Å²) in [6.07, 6.45) is 6.80. The first-order valence-electron chi connectivity index (χ1n) is 6.30. The molecule has 0 amide bonds. The Balaban J connectivity index is 1.91. The summed E-state index contributed by atoms with van der Waals surface area (Å²) in [6.45, 7) is 3.08. The zero-order valence-corrected chi connectivity index (χ0v) is 11.4. The molecule has 1 heterocycles. The van der Waals surface area contributed by atoms with E-state index in [1.165, 1.54) is 12.8 Å². The molecule has 1 aromatic heterocycles. The summed E-state index contributed by atoms with van der Waals surface area (Å²) in [6, 6.07) is 0. The lowest BCUT2D eigenvalue weighted by molar-refractivity contribution is 0.215. The van der Waals surface area contributed by atoms with Gasteiger partial charge in [0.15, 0.2) is 0 Å². The first-order chi connectivity index (χ1) is 8.13. The van der Waals surface area contributed by atoms with Gasteiger partial charge in [-0.25, -0.2) is 0 Å². The lowest BCUT2D eigenvalue weighted by Gasteiger charge is -2.38. The standard InChI is InChI=1S/C12H21ClN4/c1-10-3-5-12(9-13,6-4-10)14-7-11-8-17(2)16-15-11/h8,10,14H,3-7,9H2,1-2H3. The minimum absolute atomic E-state index is 0.103. The van der Waals surface area contributed by atoms with Gasteiger partial charge in [0.25, 0.3) is 0 Å². The van der Waals surface area contributed by atoms with Gasteiger partial charge in [-0.2, -0.15) is 0 Å². The molecular weight excluding hydrogens is 236 g/mol. The zero-order valence-electron chi connectivity index (χ0n) is 10.6. The van der Waals surface area contributed by atoms with Gasteiger partial charge in [-0.05, 0) is 31.6 Å². The van der Waals surface area contributed by atoms with Gasteiger partial charge in [0.05, 0.1) is 5.69 Å². The maximum atomic E-state index is 6.15. The molecule has 17 heavy (non-hydrogen) atoms.